The minimum atomic E-state index is -5.20. The van der Waals surface area contributed by atoms with E-state index in [4.69, 9.17) is 4.55 Å². The van der Waals surface area contributed by atoms with Crippen LogP contribution < -0.4 is 0 Å². The average molecular weight is 356 g/mol. The molecule has 0 unspecified atom stereocenters. The van der Waals surface area contributed by atoms with E-state index in [1.54, 1.807) is 0 Å². The Morgan fingerprint density at radius 3 is 1.78 bits per heavy atom. The van der Waals surface area contributed by atoms with Gasteiger partial charge in [0.1, 0.15) is 4.90 Å². The molecule has 0 aliphatic heterocycles. The van der Waals surface area contributed by atoms with Crippen LogP contribution in [0.2, 0.25) is 0 Å². The van der Waals surface area contributed by atoms with Gasteiger partial charge in [-0.2, -0.15) is 8.42 Å². The number of unbranched alkanes of at least 4 members (excludes halogenated alkanes) is 6. The minimum absolute atomic E-state index is 0.274. The summed E-state index contributed by atoms with van der Waals surface area (Å²) >= 11 is 0. The van der Waals surface area contributed by atoms with Crippen molar-refractivity contribution in [2.24, 2.45) is 0 Å². The van der Waals surface area contributed by atoms with Crippen molar-refractivity contribution in [3.8, 4) is 0 Å². The largest absolute Gasteiger partial charge is 0.297 e. The summed E-state index contributed by atoms with van der Waals surface area (Å²) < 4.78 is 85.1. The van der Waals surface area contributed by atoms with Crippen LogP contribution in [0.3, 0.4) is 0 Å². The molecule has 1 rings (SSSR count). The Hall–Kier alpha value is -1.15. The van der Waals surface area contributed by atoms with E-state index in [-0.39, 0.29) is 12.8 Å². The smallest absolute Gasteiger partial charge is 0.282 e. The van der Waals surface area contributed by atoms with Crippen LogP contribution >= 0.6 is 0 Å². The zero-order valence-corrected chi connectivity index (χ0v) is 13.7. The third-order valence-electron chi connectivity index (χ3n) is 3.60. The zero-order chi connectivity index (χ0) is 17.6. The summed E-state index contributed by atoms with van der Waals surface area (Å²) in [6.07, 6.45) is 5.56. The summed E-state index contributed by atoms with van der Waals surface area (Å²) in [6, 6.07) is 0. The molecule has 3 nitrogen and oxygen atoms in total. The molecule has 0 saturated heterocycles. The highest BCUT2D eigenvalue weighted by molar-refractivity contribution is 7.85. The minimum Gasteiger partial charge on any atom is -0.282 e. The fraction of sp³-hybridized carbons (Fsp3) is 0.600. The Labute approximate surface area is 133 Å². The van der Waals surface area contributed by atoms with Crippen molar-refractivity contribution in [1.82, 2.24) is 0 Å². The average Bonchev–Trinajstić information content (AvgIpc) is 2.47. The Kier molecular flexibility index (Phi) is 7.47. The SMILES string of the molecule is CCCCCCCCCc1c(F)c(F)c(F)c(F)c1S(=O)(=O)O. The van der Waals surface area contributed by atoms with Crippen molar-refractivity contribution in [3.05, 3.63) is 28.8 Å². The second-order valence-corrected chi connectivity index (χ2v) is 6.77. The molecule has 8 heteroatoms. The fourth-order valence-corrected chi connectivity index (χ4v) is 3.23. The summed E-state index contributed by atoms with van der Waals surface area (Å²) in [4.78, 5) is -1.51. The summed E-state index contributed by atoms with van der Waals surface area (Å²) in [5.41, 5.74) is -0.850. The van der Waals surface area contributed by atoms with Crippen molar-refractivity contribution < 1.29 is 30.5 Å². The van der Waals surface area contributed by atoms with Crippen LogP contribution in [0.25, 0.3) is 0 Å². The summed E-state index contributed by atoms with van der Waals surface area (Å²) in [5.74, 6) is -8.20. The molecule has 1 aromatic carbocycles. The molecule has 0 atom stereocenters. The van der Waals surface area contributed by atoms with Crippen LogP contribution in [0.15, 0.2) is 4.90 Å². The van der Waals surface area contributed by atoms with Gasteiger partial charge in [-0.25, -0.2) is 17.6 Å². The molecule has 1 aromatic rings. The number of hydrogen-bond acceptors (Lipinski definition) is 2. The lowest BCUT2D eigenvalue weighted by molar-refractivity contribution is 0.382. The van der Waals surface area contributed by atoms with Crippen LogP contribution in [-0.2, 0) is 16.5 Å². The molecule has 0 aromatic heterocycles. The Balaban J connectivity index is 2.89. The third-order valence-corrected chi connectivity index (χ3v) is 4.55. The van der Waals surface area contributed by atoms with Gasteiger partial charge in [0.2, 0.25) is 0 Å². The molecule has 0 amide bonds. The van der Waals surface area contributed by atoms with Crippen molar-refractivity contribution in [2.75, 3.05) is 0 Å². The molecule has 0 aliphatic carbocycles. The van der Waals surface area contributed by atoms with Crippen molar-refractivity contribution in [1.29, 1.82) is 0 Å². The summed E-state index contributed by atoms with van der Waals surface area (Å²) in [5, 5.41) is 0. The predicted molar refractivity (Wildman–Crippen MR) is 77.8 cm³/mol. The molecule has 0 heterocycles. The van der Waals surface area contributed by atoms with E-state index in [1.807, 2.05) is 0 Å². The van der Waals surface area contributed by atoms with E-state index < -0.39 is 43.8 Å². The lowest BCUT2D eigenvalue weighted by Gasteiger charge is -2.11. The molecule has 0 bridgehead atoms. The summed E-state index contributed by atoms with van der Waals surface area (Å²) in [7, 11) is -5.20. The maximum Gasteiger partial charge on any atom is 0.297 e. The van der Waals surface area contributed by atoms with Gasteiger partial charge in [-0.05, 0) is 12.8 Å². The molecular weight excluding hydrogens is 336 g/mol. The maximum atomic E-state index is 13.8. The van der Waals surface area contributed by atoms with Crippen LogP contribution in [0.1, 0.15) is 57.4 Å². The van der Waals surface area contributed by atoms with E-state index >= 15 is 0 Å². The first kappa shape index (κ1) is 19.9. The van der Waals surface area contributed by atoms with Gasteiger partial charge >= 0.3 is 0 Å². The Morgan fingerprint density at radius 2 is 1.26 bits per heavy atom. The summed E-state index contributed by atoms with van der Waals surface area (Å²) in [6.45, 7) is 2.07. The monoisotopic (exact) mass is 356 g/mol. The normalized spacial score (nSPS) is 11.9. The third kappa shape index (κ3) is 5.17. The molecule has 0 radical (unpaired) electrons. The van der Waals surface area contributed by atoms with Gasteiger partial charge < -0.3 is 0 Å². The lowest BCUT2D eigenvalue weighted by Crippen LogP contribution is -2.13. The second kappa shape index (κ2) is 8.63. The van der Waals surface area contributed by atoms with Gasteiger partial charge in [-0.3, -0.25) is 4.55 Å². The molecular formula is C15H20F4O3S. The molecule has 0 fully saturated rings. The number of halogens is 4. The highest BCUT2D eigenvalue weighted by Crippen LogP contribution is 2.29. The molecule has 0 aliphatic rings. The first-order chi connectivity index (χ1) is 10.7. The second-order valence-electron chi connectivity index (χ2n) is 5.41. The Bertz CT molecular complexity index is 645. The standard InChI is InChI=1S/C15H20F4O3S/c1-2-3-4-5-6-7-8-9-10-11(16)12(17)13(18)14(19)15(10)23(20,21)22/h2-9H2,1H3,(H,20,21,22). The topological polar surface area (TPSA) is 54.4 Å². The zero-order valence-electron chi connectivity index (χ0n) is 12.8. The molecule has 0 spiro atoms. The van der Waals surface area contributed by atoms with Crippen molar-refractivity contribution >= 4 is 10.1 Å². The molecule has 1 N–H and O–H groups in total. The van der Waals surface area contributed by atoms with Crippen LogP contribution in [0.5, 0.6) is 0 Å². The van der Waals surface area contributed by atoms with Crippen LogP contribution in [0, 0.1) is 23.3 Å². The van der Waals surface area contributed by atoms with Crippen LogP contribution in [-0.4, -0.2) is 13.0 Å². The highest BCUT2D eigenvalue weighted by atomic mass is 32.2. The van der Waals surface area contributed by atoms with Gasteiger partial charge in [0.05, 0.1) is 0 Å². The Morgan fingerprint density at radius 1 is 0.783 bits per heavy atom. The van der Waals surface area contributed by atoms with Gasteiger partial charge in [-0.15, -0.1) is 0 Å². The van der Waals surface area contributed by atoms with Gasteiger partial charge in [0.25, 0.3) is 10.1 Å². The van der Waals surface area contributed by atoms with E-state index in [9.17, 15) is 26.0 Å². The van der Waals surface area contributed by atoms with E-state index in [0.29, 0.717) is 6.42 Å². The van der Waals surface area contributed by atoms with Gasteiger partial charge in [-0.1, -0.05) is 45.4 Å². The van der Waals surface area contributed by atoms with Crippen LogP contribution in [0.4, 0.5) is 17.6 Å². The number of hydrogen-bond donors (Lipinski definition) is 1. The molecule has 0 saturated carbocycles. The van der Waals surface area contributed by atoms with E-state index in [2.05, 4.69) is 6.92 Å². The lowest BCUT2D eigenvalue weighted by atomic mass is 10.0. The fourth-order valence-electron chi connectivity index (χ4n) is 2.41. The first-order valence-corrected chi connectivity index (χ1v) is 8.98. The predicted octanol–water partition coefficient (Wildman–Crippen LogP) is 4.78. The number of benzene rings is 1. The van der Waals surface area contributed by atoms with Gasteiger partial charge in [0.15, 0.2) is 23.3 Å². The highest BCUT2D eigenvalue weighted by Gasteiger charge is 2.31. The quantitative estimate of drug-likeness (QED) is 0.228. The van der Waals surface area contributed by atoms with E-state index in [0.717, 1.165) is 32.1 Å². The number of rotatable bonds is 9. The van der Waals surface area contributed by atoms with Crippen molar-refractivity contribution in [3.63, 3.8) is 0 Å². The van der Waals surface area contributed by atoms with Gasteiger partial charge in [0, 0.05) is 5.56 Å². The van der Waals surface area contributed by atoms with E-state index in [1.165, 1.54) is 0 Å². The molecule has 132 valence electrons. The first-order valence-electron chi connectivity index (χ1n) is 7.54. The maximum absolute atomic E-state index is 13.8. The van der Waals surface area contributed by atoms with Crippen molar-refractivity contribution in [2.45, 2.75) is 63.2 Å². The molecule has 23 heavy (non-hydrogen) atoms.